The smallest absolute Gasteiger partial charge is 0.136 e. The average Bonchev–Trinajstić information content (AvgIpc) is 3.04. The van der Waals surface area contributed by atoms with Crippen molar-refractivity contribution in [2.75, 3.05) is 0 Å². The van der Waals surface area contributed by atoms with E-state index in [2.05, 4.69) is 32.6 Å². The number of allylic oxidation sites excluding steroid dienone is 3. The molecule has 0 aromatic heterocycles. The molecule has 3 N–H and O–H groups in total. The second-order valence-electron chi connectivity index (χ2n) is 11.2. The van der Waals surface area contributed by atoms with Gasteiger partial charge in [0.1, 0.15) is 5.78 Å². The Labute approximate surface area is 188 Å². The van der Waals surface area contributed by atoms with E-state index in [-0.39, 0.29) is 17.1 Å². The second kappa shape index (κ2) is 9.33. The zero-order chi connectivity index (χ0) is 23.0. The molecule has 3 saturated carbocycles. The number of Topliss-reactive ketones (excluding diaryl/α,β-unsaturated/α-hetero) is 1. The van der Waals surface area contributed by atoms with Gasteiger partial charge in [-0.25, -0.2) is 0 Å². The molecule has 0 aromatic rings. The summed E-state index contributed by atoms with van der Waals surface area (Å²) in [6.45, 7) is 12.0. The third-order valence-corrected chi connectivity index (χ3v) is 8.40. The van der Waals surface area contributed by atoms with E-state index in [9.17, 15) is 20.1 Å². The lowest BCUT2D eigenvalue weighted by atomic mass is 9.60. The van der Waals surface area contributed by atoms with Gasteiger partial charge in [0.2, 0.25) is 0 Å². The third-order valence-electron chi connectivity index (χ3n) is 8.40. The highest BCUT2D eigenvalue weighted by atomic mass is 16.3. The molecular formula is C27H42O4. The fraction of sp³-hybridized carbons (Fsp3) is 0.741. The molecule has 4 nitrogen and oxygen atoms in total. The molecule has 0 aliphatic heterocycles. The number of carbonyl (C=O) groups is 1. The first-order valence-electron chi connectivity index (χ1n) is 12.1. The Kier molecular flexibility index (Phi) is 7.35. The molecule has 0 radical (unpaired) electrons. The monoisotopic (exact) mass is 430 g/mol. The maximum Gasteiger partial charge on any atom is 0.136 e. The lowest BCUT2D eigenvalue weighted by Crippen LogP contribution is -2.38. The molecule has 0 spiro atoms. The molecule has 6 atom stereocenters. The van der Waals surface area contributed by atoms with Gasteiger partial charge in [-0.05, 0) is 87.2 Å². The fourth-order valence-electron chi connectivity index (χ4n) is 6.45. The van der Waals surface area contributed by atoms with Crippen LogP contribution in [0.4, 0.5) is 0 Å². The molecule has 0 bridgehead atoms. The quantitative estimate of drug-likeness (QED) is 0.561. The zero-order valence-electron chi connectivity index (χ0n) is 19.9. The molecule has 0 heterocycles. The van der Waals surface area contributed by atoms with Gasteiger partial charge < -0.3 is 15.3 Å². The van der Waals surface area contributed by atoms with Gasteiger partial charge in [0, 0.05) is 18.8 Å². The summed E-state index contributed by atoms with van der Waals surface area (Å²) in [6.07, 6.45) is 10.6. The van der Waals surface area contributed by atoms with Crippen molar-refractivity contribution >= 4 is 5.78 Å². The van der Waals surface area contributed by atoms with E-state index in [0.717, 1.165) is 43.3 Å². The van der Waals surface area contributed by atoms with Gasteiger partial charge in [-0.1, -0.05) is 38.2 Å². The standard InChI is InChI=1S/C27H42O4/c1-17-20(15-21(28)16-25(17)30)9-8-19-7-6-13-27(5)22(10-11-23(19)27)18(2)24(29)12-14-26(3,4)31/h8-9,18,21-23,25,28,30-31H,1,6-7,10-16H2,2-5H3/t18-,21+,22+,23?,25-,27+/m0/s1. The van der Waals surface area contributed by atoms with Gasteiger partial charge in [0.15, 0.2) is 0 Å². The number of aliphatic hydroxyl groups excluding tert-OH is 2. The fourth-order valence-corrected chi connectivity index (χ4v) is 6.45. The summed E-state index contributed by atoms with van der Waals surface area (Å²) in [6, 6.07) is 0. The summed E-state index contributed by atoms with van der Waals surface area (Å²) in [7, 11) is 0. The summed E-state index contributed by atoms with van der Waals surface area (Å²) in [5.74, 6) is 1.18. The van der Waals surface area contributed by atoms with E-state index >= 15 is 0 Å². The van der Waals surface area contributed by atoms with Crippen LogP contribution < -0.4 is 0 Å². The Balaban J connectivity index is 1.75. The first-order valence-corrected chi connectivity index (χ1v) is 12.1. The van der Waals surface area contributed by atoms with Crippen LogP contribution in [0, 0.1) is 23.2 Å². The normalized spacial score (nSPS) is 37.8. The molecule has 0 amide bonds. The first kappa shape index (κ1) is 24.4. The van der Waals surface area contributed by atoms with Crippen LogP contribution in [0.2, 0.25) is 0 Å². The van der Waals surface area contributed by atoms with Gasteiger partial charge in [0.25, 0.3) is 0 Å². The van der Waals surface area contributed by atoms with E-state index in [1.165, 1.54) is 5.57 Å². The number of hydrogen-bond donors (Lipinski definition) is 3. The molecular weight excluding hydrogens is 388 g/mol. The van der Waals surface area contributed by atoms with Crippen molar-refractivity contribution in [3.05, 3.63) is 35.5 Å². The summed E-state index contributed by atoms with van der Waals surface area (Å²) in [5.41, 5.74) is 2.47. The molecule has 3 aliphatic carbocycles. The molecule has 3 aliphatic rings. The average molecular weight is 431 g/mol. The SMILES string of the molecule is C=C1C(=CC=C2CCC[C@@]3(C)C2CC[C@@H]3[C@H](C)C(=O)CCC(C)(C)O)C[C@@H](O)C[C@@H]1O. The molecule has 4 heteroatoms. The Morgan fingerprint density at radius 2 is 2.00 bits per heavy atom. The number of ketones is 1. The second-order valence-corrected chi connectivity index (χ2v) is 11.2. The molecule has 31 heavy (non-hydrogen) atoms. The van der Waals surface area contributed by atoms with Crippen molar-refractivity contribution in [3.8, 4) is 0 Å². The highest BCUT2D eigenvalue weighted by molar-refractivity contribution is 5.81. The summed E-state index contributed by atoms with van der Waals surface area (Å²) < 4.78 is 0. The molecule has 0 aromatic carbocycles. The first-order chi connectivity index (χ1) is 14.4. The number of hydrogen-bond acceptors (Lipinski definition) is 4. The topological polar surface area (TPSA) is 77.8 Å². The van der Waals surface area contributed by atoms with Gasteiger partial charge >= 0.3 is 0 Å². The Hall–Kier alpha value is -1.23. The van der Waals surface area contributed by atoms with Gasteiger partial charge in [-0.15, -0.1) is 0 Å². The minimum atomic E-state index is -0.796. The van der Waals surface area contributed by atoms with Crippen LogP contribution in [0.25, 0.3) is 0 Å². The Bertz CT molecular complexity index is 756. The van der Waals surface area contributed by atoms with Crippen LogP contribution in [-0.2, 0) is 4.79 Å². The number of carbonyl (C=O) groups excluding carboxylic acids is 1. The summed E-state index contributed by atoms with van der Waals surface area (Å²) in [5, 5.41) is 30.1. The van der Waals surface area contributed by atoms with Crippen LogP contribution in [-0.4, -0.2) is 38.9 Å². The maximum absolute atomic E-state index is 12.9. The predicted molar refractivity (Wildman–Crippen MR) is 124 cm³/mol. The van der Waals surface area contributed by atoms with Crippen LogP contribution in [0.1, 0.15) is 85.5 Å². The van der Waals surface area contributed by atoms with Crippen molar-refractivity contribution in [1.82, 2.24) is 0 Å². The van der Waals surface area contributed by atoms with Crippen molar-refractivity contribution < 1.29 is 20.1 Å². The van der Waals surface area contributed by atoms with Crippen LogP contribution in [0.3, 0.4) is 0 Å². The molecule has 1 unspecified atom stereocenters. The minimum absolute atomic E-state index is 0.0264. The van der Waals surface area contributed by atoms with Crippen molar-refractivity contribution in [1.29, 1.82) is 0 Å². The van der Waals surface area contributed by atoms with Crippen LogP contribution in [0.15, 0.2) is 35.5 Å². The van der Waals surface area contributed by atoms with E-state index in [1.54, 1.807) is 13.8 Å². The third kappa shape index (κ3) is 5.40. The number of fused-ring (bicyclic) bond motifs is 1. The molecule has 0 saturated heterocycles. The largest absolute Gasteiger partial charge is 0.393 e. The van der Waals surface area contributed by atoms with Crippen molar-refractivity contribution in [2.45, 2.75) is 103 Å². The maximum atomic E-state index is 12.9. The van der Waals surface area contributed by atoms with Crippen molar-refractivity contribution in [3.63, 3.8) is 0 Å². The van der Waals surface area contributed by atoms with E-state index in [1.807, 2.05) is 0 Å². The lowest BCUT2D eigenvalue weighted by molar-refractivity contribution is -0.126. The highest BCUT2D eigenvalue weighted by Crippen LogP contribution is 2.59. The van der Waals surface area contributed by atoms with Crippen LogP contribution >= 0.6 is 0 Å². The molecule has 3 fully saturated rings. The number of aliphatic hydroxyl groups is 3. The van der Waals surface area contributed by atoms with Gasteiger partial charge in [-0.3, -0.25) is 4.79 Å². The minimum Gasteiger partial charge on any atom is -0.393 e. The lowest BCUT2D eigenvalue weighted by Gasteiger charge is -2.44. The van der Waals surface area contributed by atoms with Gasteiger partial charge in [0.05, 0.1) is 17.8 Å². The number of rotatable bonds is 6. The summed E-state index contributed by atoms with van der Waals surface area (Å²) >= 11 is 0. The molecule has 174 valence electrons. The Morgan fingerprint density at radius 3 is 2.68 bits per heavy atom. The van der Waals surface area contributed by atoms with Gasteiger partial charge in [-0.2, -0.15) is 0 Å². The summed E-state index contributed by atoms with van der Waals surface area (Å²) in [4.78, 5) is 12.9. The molecule has 3 rings (SSSR count). The van der Waals surface area contributed by atoms with E-state index in [0.29, 0.717) is 37.5 Å². The van der Waals surface area contributed by atoms with E-state index < -0.39 is 17.8 Å². The zero-order valence-corrected chi connectivity index (χ0v) is 19.9. The Morgan fingerprint density at radius 1 is 1.29 bits per heavy atom. The van der Waals surface area contributed by atoms with Crippen LogP contribution in [0.5, 0.6) is 0 Å². The van der Waals surface area contributed by atoms with E-state index in [4.69, 9.17) is 0 Å². The van der Waals surface area contributed by atoms with Crippen molar-refractivity contribution in [2.24, 2.45) is 23.2 Å². The highest BCUT2D eigenvalue weighted by Gasteiger charge is 2.51. The predicted octanol–water partition coefficient (Wildman–Crippen LogP) is 4.88.